The van der Waals surface area contributed by atoms with Gasteiger partial charge in [-0.05, 0) is 64.6 Å². The third kappa shape index (κ3) is 5.84. The van der Waals surface area contributed by atoms with E-state index in [0.717, 1.165) is 0 Å². The van der Waals surface area contributed by atoms with Gasteiger partial charge in [-0.1, -0.05) is 6.08 Å². The molecule has 2 rings (SSSR count). The molecule has 0 bridgehead atoms. The molecule has 1 fully saturated rings. The molecule has 1 aliphatic rings. The number of carbonyl (C=O) groups excluding carboxylic acids is 1. The number of rotatable bonds is 6. The smallest absolute Gasteiger partial charge is 0.248 e. The summed E-state index contributed by atoms with van der Waals surface area (Å²) in [6, 6.07) is 6.19. The summed E-state index contributed by atoms with van der Waals surface area (Å²) in [7, 11) is -3.59. The van der Waals surface area contributed by atoms with Gasteiger partial charge < -0.3 is 15.0 Å². The SMILES string of the molecule is C=C(OC(C)(C)C)N1CCN(S(=O)(=O)c2ccc(NC(=O)/C=C/C)cc2)CC1. The van der Waals surface area contributed by atoms with E-state index in [9.17, 15) is 13.2 Å². The molecular weight excluding hydrogens is 378 g/mol. The maximum Gasteiger partial charge on any atom is 0.248 e. The predicted octanol–water partition coefficient (Wildman–Crippen LogP) is 2.79. The molecule has 1 amide bonds. The molecule has 0 unspecified atom stereocenters. The van der Waals surface area contributed by atoms with Crippen LogP contribution in [0, 0.1) is 0 Å². The Morgan fingerprint density at radius 1 is 1.14 bits per heavy atom. The second-order valence-corrected chi connectivity index (χ2v) is 9.45. The molecule has 1 heterocycles. The van der Waals surface area contributed by atoms with E-state index in [0.29, 0.717) is 37.7 Å². The molecule has 154 valence electrons. The molecule has 1 N–H and O–H groups in total. The van der Waals surface area contributed by atoms with Gasteiger partial charge in [0.15, 0.2) is 5.88 Å². The van der Waals surface area contributed by atoms with Crippen molar-refractivity contribution in [3.05, 3.63) is 48.9 Å². The Morgan fingerprint density at radius 3 is 2.21 bits per heavy atom. The molecule has 0 radical (unpaired) electrons. The van der Waals surface area contributed by atoms with E-state index in [1.54, 1.807) is 25.1 Å². The number of nitrogens with zero attached hydrogens (tertiary/aromatic N) is 2. The van der Waals surface area contributed by atoms with Crippen LogP contribution in [0.3, 0.4) is 0 Å². The minimum atomic E-state index is -3.59. The predicted molar refractivity (Wildman–Crippen MR) is 110 cm³/mol. The van der Waals surface area contributed by atoms with Crippen molar-refractivity contribution in [2.75, 3.05) is 31.5 Å². The highest BCUT2D eigenvalue weighted by Gasteiger charge is 2.30. The zero-order valence-corrected chi connectivity index (χ0v) is 17.8. The van der Waals surface area contributed by atoms with Gasteiger partial charge >= 0.3 is 0 Å². The molecular formula is C20H29N3O4S. The summed E-state index contributed by atoms with van der Waals surface area (Å²) in [6.07, 6.45) is 3.04. The summed E-state index contributed by atoms with van der Waals surface area (Å²) >= 11 is 0. The lowest BCUT2D eigenvalue weighted by Crippen LogP contribution is -2.48. The van der Waals surface area contributed by atoms with Gasteiger partial charge in [0.2, 0.25) is 15.9 Å². The Hall–Kier alpha value is -2.32. The normalized spacial score (nSPS) is 16.2. The lowest BCUT2D eigenvalue weighted by Gasteiger charge is -2.37. The van der Waals surface area contributed by atoms with Crippen LogP contribution in [0.1, 0.15) is 27.7 Å². The van der Waals surface area contributed by atoms with Crippen LogP contribution >= 0.6 is 0 Å². The second-order valence-electron chi connectivity index (χ2n) is 7.51. The van der Waals surface area contributed by atoms with Crippen LogP contribution in [-0.2, 0) is 19.6 Å². The summed E-state index contributed by atoms with van der Waals surface area (Å²) in [5.41, 5.74) is 0.201. The van der Waals surface area contributed by atoms with Crippen molar-refractivity contribution >= 4 is 21.6 Å². The first kappa shape index (κ1) is 22.0. The monoisotopic (exact) mass is 407 g/mol. The molecule has 7 nitrogen and oxygen atoms in total. The highest BCUT2D eigenvalue weighted by molar-refractivity contribution is 7.89. The molecule has 8 heteroatoms. The summed E-state index contributed by atoms with van der Waals surface area (Å²) in [5, 5.41) is 2.67. The maximum absolute atomic E-state index is 12.9. The lowest BCUT2D eigenvalue weighted by molar-refractivity contribution is -0.111. The summed E-state index contributed by atoms with van der Waals surface area (Å²) < 4.78 is 33.0. The Labute approximate surface area is 167 Å². The van der Waals surface area contributed by atoms with Gasteiger partial charge in [-0.2, -0.15) is 4.31 Å². The van der Waals surface area contributed by atoms with Crippen LogP contribution in [0.15, 0.2) is 53.8 Å². The Bertz CT molecular complexity index is 831. The number of sulfonamides is 1. The van der Waals surface area contributed by atoms with E-state index < -0.39 is 10.0 Å². The second kappa shape index (κ2) is 8.79. The van der Waals surface area contributed by atoms with Crippen molar-refractivity contribution in [1.29, 1.82) is 0 Å². The van der Waals surface area contributed by atoms with Gasteiger partial charge in [0, 0.05) is 31.9 Å². The number of carbonyl (C=O) groups is 1. The van der Waals surface area contributed by atoms with Crippen LogP contribution in [0.5, 0.6) is 0 Å². The molecule has 0 spiro atoms. The zero-order chi connectivity index (χ0) is 20.9. The van der Waals surface area contributed by atoms with Crippen molar-refractivity contribution in [1.82, 2.24) is 9.21 Å². The fourth-order valence-electron chi connectivity index (χ4n) is 2.79. The van der Waals surface area contributed by atoms with Gasteiger partial charge in [-0.25, -0.2) is 8.42 Å². The number of benzene rings is 1. The Balaban J connectivity index is 2.00. The summed E-state index contributed by atoms with van der Waals surface area (Å²) in [4.78, 5) is 13.7. The van der Waals surface area contributed by atoms with Crippen molar-refractivity contribution < 1.29 is 17.9 Å². The molecule has 28 heavy (non-hydrogen) atoms. The number of piperazine rings is 1. The number of allylic oxidation sites excluding steroid dienone is 1. The molecule has 0 aromatic heterocycles. The van der Waals surface area contributed by atoms with E-state index in [1.807, 2.05) is 25.7 Å². The molecule has 1 aromatic rings. The molecule has 0 atom stereocenters. The van der Waals surface area contributed by atoms with E-state index in [4.69, 9.17) is 4.74 Å². The van der Waals surface area contributed by atoms with Crippen molar-refractivity contribution in [2.45, 2.75) is 38.2 Å². The minimum Gasteiger partial charge on any atom is -0.474 e. The largest absolute Gasteiger partial charge is 0.474 e. The van der Waals surface area contributed by atoms with Crippen LogP contribution in [0.2, 0.25) is 0 Å². The van der Waals surface area contributed by atoms with Crippen LogP contribution in [-0.4, -0.2) is 55.3 Å². The number of hydrogen-bond donors (Lipinski definition) is 1. The highest BCUT2D eigenvalue weighted by atomic mass is 32.2. The van der Waals surface area contributed by atoms with Gasteiger partial charge in [-0.15, -0.1) is 0 Å². The average Bonchev–Trinajstić information content (AvgIpc) is 2.61. The number of ether oxygens (including phenoxy) is 1. The number of anilines is 1. The van der Waals surface area contributed by atoms with E-state index in [-0.39, 0.29) is 16.4 Å². The van der Waals surface area contributed by atoms with Crippen LogP contribution < -0.4 is 5.32 Å². The molecule has 1 saturated heterocycles. The molecule has 1 aliphatic heterocycles. The first-order valence-electron chi connectivity index (χ1n) is 9.20. The lowest BCUT2D eigenvalue weighted by atomic mass is 10.2. The fourth-order valence-corrected chi connectivity index (χ4v) is 4.21. The molecule has 0 aliphatic carbocycles. The molecule has 1 aromatic carbocycles. The topological polar surface area (TPSA) is 79.0 Å². The highest BCUT2D eigenvalue weighted by Crippen LogP contribution is 2.22. The quantitative estimate of drug-likeness (QED) is 0.579. The van der Waals surface area contributed by atoms with Gasteiger partial charge in [0.25, 0.3) is 0 Å². The first-order valence-corrected chi connectivity index (χ1v) is 10.6. The maximum atomic E-state index is 12.9. The van der Waals surface area contributed by atoms with E-state index >= 15 is 0 Å². The fraction of sp³-hybridized carbons (Fsp3) is 0.450. The van der Waals surface area contributed by atoms with Gasteiger partial charge in [0.1, 0.15) is 5.60 Å². The average molecular weight is 408 g/mol. The van der Waals surface area contributed by atoms with Gasteiger partial charge in [-0.3, -0.25) is 4.79 Å². The summed E-state index contributed by atoms with van der Waals surface area (Å²) in [6.45, 7) is 13.3. The Morgan fingerprint density at radius 2 is 1.71 bits per heavy atom. The summed E-state index contributed by atoms with van der Waals surface area (Å²) in [5.74, 6) is 0.303. The number of nitrogens with one attached hydrogen (secondary N) is 1. The van der Waals surface area contributed by atoms with E-state index in [2.05, 4.69) is 11.9 Å². The molecule has 0 saturated carbocycles. The third-order valence-electron chi connectivity index (χ3n) is 4.09. The first-order chi connectivity index (χ1) is 13.0. The third-order valence-corrected chi connectivity index (χ3v) is 6.01. The van der Waals surface area contributed by atoms with Crippen molar-refractivity contribution in [3.63, 3.8) is 0 Å². The van der Waals surface area contributed by atoms with Crippen molar-refractivity contribution in [2.24, 2.45) is 0 Å². The number of hydrogen-bond acceptors (Lipinski definition) is 5. The van der Waals surface area contributed by atoms with Gasteiger partial charge in [0.05, 0.1) is 4.90 Å². The van der Waals surface area contributed by atoms with Crippen molar-refractivity contribution in [3.8, 4) is 0 Å². The minimum absolute atomic E-state index is 0.203. The zero-order valence-electron chi connectivity index (χ0n) is 16.9. The van der Waals surface area contributed by atoms with E-state index in [1.165, 1.54) is 22.5 Å². The Kier molecular flexibility index (Phi) is 6.90. The number of amides is 1. The van der Waals surface area contributed by atoms with Crippen LogP contribution in [0.4, 0.5) is 5.69 Å². The van der Waals surface area contributed by atoms with Crippen LogP contribution in [0.25, 0.3) is 0 Å². The standard InChI is InChI=1S/C20H29N3O4S/c1-6-7-19(24)21-17-8-10-18(11-9-17)28(25,26)23-14-12-22(13-15-23)16(2)27-20(3,4)5/h6-11H,2,12-15H2,1,3-5H3,(H,21,24)/b7-6+.